The highest BCUT2D eigenvalue weighted by atomic mass is 19.3. The van der Waals surface area contributed by atoms with Crippen LogP contribution in [0.2, 0.25) is 0 Å². The van der Waals surface area contributed by atoms with Crippen LogP contribution in [0.4, 0.5) is 18.0 Å². The van der Waals surface area contributed by atoms with Gasteiger partial charge < -0.3 is 20.4 Å². The Bertz CT molecular complexity index is 1030. The number of carbonyl (C=O) groups is 2. The number of likely N-dealkylation sites (tertiary alicyclic amines) is 2. The van der Waals surface area contributed by atoms with E-state index in [0.717, 1.165) is 56.2 Å². The fourth-order valence-electron chi connectivity index (χ4n) is 5.45. The van der Waals surface area contributed by atoms with Crippen LogP contribution in [-0.2, 0) is 10.7 Å². The minimum absolute atomic E-state index is 0.123. The molecule has 4 aliphatic rings. The summed E-state index contributed by atoms with van der Waals surface area (Å²) < 4.78 is 42.8. The summed E-state index contributed by atoms with van der Waals surface area (Å²) >= 11 is 0. The van der Waals surface area contributed by atoms with Crippen LogP contribution in [0, 0.1) is 23.6 Å². The van der Waals surface area contributed by atoms with Gasteiger partial charge in [0.25, 0.3) is 5.92 Å². The zero-order valence-electron chi connectivity index (χ0n) is 20.4. The first-order chi connectivity index (χ1) is 17.1. The molecule has 5 rings (SSSR count). The molecule has 2 N–H and O–H groups in total. The quantitative estimate of drug-likeness (QED) is 0.534. The van der Waals surface area contributed by atoms with Gasteiger partial charge >= 0.3 is 6.03 Å². The first-order valence-corrected chi connectivity index (χ1v) is 12.9. The molecule has 0 aromatic heterocycles. The fourth-order valence-corrected chi connectivity index (χ4v) is 5.45. The number of hydrogen-bond donors (Lipinski definition) is 2. The number of nitrogens with zero attached hydrogens (tertiary/aromatic N) is 2. The van der Waals surface area contributed by atoms with Crippen molar-refractivity contribution in [2.45, 2.75) is 74.9 Å². The zero-order chi connectivity index (χ0) is 25.6. The molecule has 3 amide bonds. The van der Waals surface area contributed by atoms with Gasteiger partial charge in [0.15, 0.2) is 0 Å². The number of hydrogen-bond acceptors (Lipinski definition) is 3. The van der Waals surface area contributed by atoms with Gasteiger partial charge in [0, 0.05) is 36.5 Å². The number of alkyl halides is 2. The van der Waals surface area contributed by atoms with Gasteiger partial charge in [0.05, 0.1) is 0 Å². The average molecular weight is 503 g/mol. The Morgan fingerprint density at radius 1 is 1.11 bits per heavy atom. The first kappa shape index (κ1) is 24.9. The molecule has 1 aromatic rings. The molecule has 36 heavy (non-hydrogen) atoms. The second kappa shape index (κ2) is 9.29. The number of urea groups is 1. The monoisotopic (exact) mass is 502 g/mol. The summed E-state index contributed by atoms with van der Waals surface area (Å²) in [5, 5.41) is 5.44. The molecule has 9 heteroatoms. The molecule has 2 saturated heterocycles. The second-order valence-electron chi connectivity index (χ2n) is 11.1. The van der Waals surface area contributed by atoms with Gasteiger partial charge in [-0.3, -0.25) is 4.79 Å². The van der Waals surface area contributed by atoms with E-state index >= 15 is 0 Å². The molecule has 2 aliphatic heterocycles. The van der Waals surface area contributed by atoms with Crippen molar-refractivity contribution in [2.24, 2.45) is 5.41 Å². The topological polar surface area (TPSA) is 64.7 Å². The number of nitrogens with one attached hydrogen (secondary N) is 2. The molecule has 1 atom stereocenters. The molecule has 194 valence electrons. The highest BCUT2D eigenvalue weighted by molar-refractivity contribution is 5.88. The van der Waals surface area contributed by atoms with Crippen molar-refractivity contribution in [3.8, 4) is 12.3 Å². The van der Waals surface area contributed by atoms with E-state index in [2.05, 4.69) is 21.5 Å². The molecule has 1 spiro atoms. The largest absolute Gasteiger partial charge is 0.338 e. The molecule has 4 fully saturated rings. The van der Waals surface area contributed by atoms with Crippen molar-refractivity contribution in [1.82, 2.24) is 20.4 Å². The van der Waals surface area contributed by atoms with Gasteiger partial charge in [-0.2, -0.15) is 0 Å². The minimum atomic E-state index is -3.28. The lowest BCUT2D eigenvalue weighted by Gasteiger charge is -2.54. The van der Waals surface area contributed by atoms with Gasteiger partial charge in [0.2, 0.25) is 5.91 Å². The lowest BCUT2D eigenvalue weighted by molar-refractivity contribution is -0.124. The number of carbonyl (C=O) groups excluding carboxylic acids is 2. The summed E-state index contributed by atoms with van der Waals surface area (Å²) in [5.74, 6) is -1.89. The third-order valence-electron chi connectivity index (χ3n) is 8.28. The first-order valence-electron chi connectivity index (χ1n) is 12.9. The summed E-state index contributed by atoms with van der Waals surface area (Å²) in [5.41, 5.74) is -0.966. The van der Waals surface area contributed by atoms with Crippen LogP contribution >= 0.6 is 0 Å². The van der Waals surface area contributed by atoms with Crippen LogP contribution in [0.1, 0.15) is 56.9 Å². The molecular formula is C27H33F3N4O2. The lowest BCUT2D eigenvalue weighted by atomic mass is 9.72. The van der Waals surface area contributed by atoms with Crippen molar-refractivity contribution in [1.29, 1.82) is 0 Å². The van der Waals surface area contributed by atoms with Crippen LogP contribution in [0.15, 0.2) is 24.3 Å². The van der Waals surface area contributed by atoms with Gasteiger partial charge in [-0.15, -0.1) is 6.42 Å². The van der Waals surface area contributed by atoms with Crippen LogP contribution in [-0.4, -0.2) is 65.5 Å². The molecule has 0 unspecified atom stereocenters. The molecule has 0 radical (unpaired) electrons. The summed E-state index contributed by atoms with van der Waals surface area (Å²) in [4.78, 5) is 30.2. The van der Waals surface area contributed by atoms with E-state index in [1.807, 2.05) is 0 Å². The normalized spacial score (nSPS) is 23.3. The molecular weight excluding hydrogens is 469 g/mol. The Labute approximate surface area is 210 Å². The maximum atomic E-state index is 14.8. The van der Waals surface area contributed by atoms with Crippen molar-refractivity contribution in [2.75, 3.05) is 26.2 Å². The maximum Gasteiger partial charge on any atom is 0.318 e. The SMILES string of the molecule is C#CC1(NC(=O)[C@H](CCC(F)(F)c2ccc(F)cc2)NC(=O)N2CC3(CCN(C4CC4)CC3)C2)CC1. The number of halogens is 3. The molecule has 1 aromatic carbocycles. The Morgan fingerprint density at radius 3 is 2.31 bits per heavy atom. The predicted molar refractivity (Wildman–Crippen MR) is 129 cm³/mol. The van der Waals surface area contributed by atoms with Crippen molar-refractivity contribution in [3.63, 3.8) is 0 Å². The summed E-state index contributed by atoms with van der Waals surface area (Å²) in [6, 6.07) is 3.21. The van der Waals surface area contributed by atoms with Gasteiger partial charge in [-0.1, -0.05) is 18.1 Å². The van der Waals surface area contributed by atoms with Crippen LogP contribution in [0.25, 0.3) is 0 Å². The maximum absolute atomic E-state index is 14.8. The van der Waals surface area contributed by atoms with Gasteiger partial charge in [0.1, 0.15) is 17.4 Å². The molecule has 2 saturated carbocycles. The summed E-state index contributed by atoms with van der Waals surface area (Å²) in [6.07, 6.45) is 10.5. The van der Waals surface area contributed by atoms with E-state index in [9.17, 15) is 22.8 Å². The van der Waals surface area contributed by atoms with Gasteiger partial charge in [-0.25, -0.2) is 18.0 Å². The number of rotatable bonds is 8. The van der Waals surface area contributed by atoms with E-state index in [1.165, 1.54) is 12.8 Å². The van der Waals surface area contributed by atoms with E-state index in [0.29, 0.717) is 25.9 Å². The van der Waals surface area contributed by atoms with Crippen LogP contribution in [0.5, 0.6) is 0 Å². The fraction of sp³-hybridized carbons (Fsp3) is 0.630. The minimum Gasteiger partial charge on any atom is -0.338 e. The summed E-state index contributed by atoms with van der Waals surface area (Å²) in [6.45, 7) is 3.34. The third-order valence-corrected chi connectivity index (χ3v) is 8.28. The van der Waals surface area contributed by atoms with Crippen LogP contribution in [0.3, 0.4) is 0 Å². The Hall–Kier alpha value is -2.73. The van der Waals surface area contributed by atoms with E-state index in [-0.39, 0.29) is 17.4 Å². The summed E-state index contributed by atoms with van der Waals surface area (Å²) in [7, 11) is 0. The third kappa shape index (κ3) is 5.34. The van der Waals surface area contributed by atoms with Crippen molar-refractivity contribution >= 4 is 11.9 Å². The standard InChI is InChI=1S/C27H33F3N4O2/c1-2-26(11-12-26)32-23(35)22(9-10-27(29,30)19-3-5-20(28)6-4-19)31-24(36)34-17-25(18-34)13-15-33(16-14-25)21-7-8-21/h1,3-6,21-22H,7-18H2,(H,31,36)(H,32,35)/t22-/m0/s1. The highest BCUT2D eigenvalue weighted by Gasteiger charge is 2.49. The smallest absolute Gasteiger partial charge is 0.318 e. The molecule has 0 bridgehead atoms. The molecule has 2 heterocycles. The van der Waals surface area contributed by atoms with Crippen LogP contribution < -0.4 is 10.6 Å². The van der Waals surface area contributed by atoms with Gasteiger partial charge in [-0.05, 0) is 70.2 Å². The Balaban J connectivity index is 1.19. The van der Waals surface area contributed by atoms with E-state index in [4.69, 9.17) is 6.42 Å². The highest BCUT2D eigenvalue weighted by Crippen LogP contribution is 2.43. The lowest BCUT2D eigenvalue weighted by Crippen LogP contribution is -2.65. The van der Waals surface area contributed by atoms with E-state index < -0.39 is 41.7 Å². The number of amides is 3. The average Bonchev–Trinajstić information content (AvgIpc) is 3.76. The Morgan fingerprint density at radius 2 is 1.75 bits per heavy atom. The second-order valence-corrected chi connectivity index (χ2v) is 11.1. The zero-order valence-corrected chi connectivity index (χ0v) is 20.4. The van der Waals surface area contributed by atoms with Crippen molar-refractivity contribution < 1.29 is 22.8 Å². The predicted octanol–water partition coefficient (Wildman–Crippen LogP) is 3.62. The number of benzene rings is 1. The number of terminal acetylenes is 1. The Kier molecular flexibility index (Phi) is 6.44. The van der Waals surface area contributed by atoms with E-state index in [1.54, 1.807) is 4.90 Å². The number of piperidine rings is 1. The van der Waals surface area contributed by atoms with Crippen molar-refractivity contribution in [3.05, 3.63) is 35.6 Å². The molecule has 2 aliphatic carbocycles. The molecule has 6 nitrogen and oxygen atoms in total.